The number of nitrogens with zero attached hydrogens (tertiary/aromatic N) is 1. The van der Waals surface area contributed by atoms with Gasteiger partial charge in [0, 0.05) is 20.2 Å². The molecule has 0 aromatic heterocycles. The molecule has 1 amide bonds. The highest BCUT2D eigenvalue weighted by Gasteiger charge is 1.93. The van der Waals surface area contributed by atoms with Crippen molar-refractivity contribution in [1.29, 1.82) is 0 Å². The molecule has 0 heterocycles. The normalized spacial score (nSPS) is 9.88. The van der Waals surface area contributed by atoms with Crippen LogP contribution in [0.1, 0.15) is 0 Å². The maximum Gasteiger partial charge on any atom is 0.246 e. The quantitative estimate of drug-likeness (QED) is 0.548. The Morgan fingerprint density at radius 1 is 1.62 bits per heavy atom. The average Bonchev–Trinajstić information content (AvgIpc) is 1.67. The molecule has 8 heavy (non-hydrogen) atoms. The topological polar surface area (TPSA) is 20.3 Å². The van der Waals surface area contributed by atoms with Crippen molar-refractivity contribution in [3.63, 3.8) is 0 Å². The van der Waals surface area contributed by atoms with Gasteiger partial charge in [0.2, 0.25) is 5.91 Å². The molecule has 0 saturated heterocycles. The highest BCUT2D eigenvalue weighted by atomic mass is 79.9. The molecule has 0 N–H and O–H groups in total. The summed E-state index contributed by atoms with van der Waals surface area (Å²) in [5, 5.41) is 0. The maximum absolute atomic E-state index is 10.6. The van der Waals surface area contributed by atoms with Gasteiger partial charge in [0.25, 0.3) is 0 Å². The zero-order valence-corrected chi connectivity index (χ0v) is 6.47. The van der Waals surface area contributed by atoms with Gasteiger partial charge in [-0.05, 0) is 4.99 Å². The van der Waals surface area contributed by atoms with Crippen LogP contribution in [0.4, 0.5) is 0 Å². The van der Waals surface area contributed by atoms with Crippen LogP contribution in [0, 0.1) is 0 Å². The van der Waals surface area contributed by atoms with E-state index in [0.717, 1.165) is 0 Å². The minimum absolute atomic E-state index is 0.0122. The zero-order valence-electron chi connectivity index (χ0n) is 4.89. The van der Waals surface area contributed by atoms with Crippen molar-refractivity contribution in [3.8, 4) is 0 Å². The van der Waals surface area contributed by atoms with Crippen LogP contribution in [0.5, 0.6) is 0 Å². The molecule has 0 bridgehead atoms. The van der Waals surface area contributed by atoms with Crippen LogP contribution in [0.25, 0.3) is 0 Å². The van der Waals surface area contributed by atoms with Crippen LogP contribution in [-0.2, 0) is 4.79 Å². The van der Waals surface area contributed by atoms with E-state index in [4.69, 9.17) is 0 Å². The number of likely N-dealkylation sites (N-methyl/N-ethyl adjacent to an activating group) is 1. The zero-order chi connectivity index (χ0) is 6.57. The fourth-order valence-corrected chi connectivity index (χ4v) is 0.429. The third-order valence-corrected chi connectivity index (χ3v) is 0.911. The molecule has 46 valence electrons. The van der Waals surface area contributed by atoms with Crippen LogP contribution < -0.4 is 0 Å². The molecule has 0 fully saturated rings. The van der Waals surface area contributed by atoms with Crippen LogP contribution >= 0.6 is 15.9 Å². The Kier molecular flexibility index (Phi) is 3.52. The average molecular weight is 178 g/mol. The van der Waals surface area contributed by atoms with Crippen LogP contribution in [0.2, 0.25) is 0 Å². The number of carbonyl (C=O) groups excluding carboxylic acids is 1. The Morgan fingerprint density at radius 3 is 2.25 bits per heavy atom. The van der Waals surface area contributed by atoms with Gasteiger partial charge in [-0.3, -0.25) is 4.79 Å². The van der Waals surface area contributed by atoms with Gasteiger partial charge in [0.05, 0.1) is 0 Å². The van der Waals surface area contributed by atoms with E-state index in [1.807, 2.05) is 0 Å². The van der Waals surface area contributed by atoms with Gasteiger partial charge in [-0.25, -0.2) is 0 Å². The lowest BCUT2D eigenvalue weighted by Gasteiger charge is -2.03. The molecule has 0 spiro atoms. The van der Waals surface area contributed by atoms with E-state index in [-0.39, 0.29) is 5.91 Å². The van der Waals surface area contributed by atoms with E-state index >= 15 is 0 Å². The third-order valence-electron chi connectivity index (χ3n) is 0.646. The van der Waals surface area contributed by atoms with Crippen molar-refractivity contribution in [2.24, 2.45) is 0 Å². The molecule has 0 aromatic carbocycles. The molecule has 0 aliphatic carbocycles. The first kappa shape index (κ1) is 7.69. The van der Waals surface area contributed by atoms with Gasteiger partial charge in [0.15, 0.2) is 0 Å². The summed E-state index contributed by atoms with van der Waals surface area (Å²) < 4.78 is 0. The number of hydrogen-bond donors (Lipinski definition) is 0. The maximum atomic E-state index is 10.6. The summed E-state index contributed by atoms with van der Waals surface area (Å²) in [6.07, 6.45) is 1.44. The molecular weight excluding hydrogens is 170 g/mol. The molecular formula is C5H8BrNO. The highest BCUT2D eigenvalue weighted by Crippen LogP contribution is 1.85. The first-order chi connectivity index (χ1) is 3.68. The van der Waals surface area contributed by atoms with Crippen LogP contribution in [-0.4, -0.2) is 24.9 Å². The fraction of sp³-hybridized carbons (Fsp3) is 0.400. The van der Waals surface area contributed by atoms with Crippen molar-refractivity contribution in [2.45, 2.75) is 0 Å². The fourth-order valence-electron chi connectivity index (χ4n) is 0.203. The molecule has 0 aromatic rings. The molecule has 2 nitrogen and oxygen atoms in total. The van der Waals surface area contributed by atoms with Gasteiger partial charge < -0.3 is 4.90 Å². The van der Waals surface area contributed by atoms with Gasteiger partial charge in [-0.2, -0.15) is 0 Å². The van der Waals surface area contributed by atoms with E-state index < -0.39 is 0 Å². The summed E-state index contributed by atoms with van der Waals surface area (Å²) in [7, 11) is 3.41. The number of amides is 1. The minimum Gasteiger partial charge on any atom is -0.345 e. The van der Waals surface area contributed by atoms with Crippen molar-refractivity contribution in [3.05, 3.63) is 11.1 Å². The first-order valence-corrected chi connectivity index (χ1v) is 3.08. The minimum atomic E-state index is -0.0122. The summed E-state index contributed by atoms with van der Waals surface area (Å²) in [5.74, 6) is -0.0122. The Balaban J connectivity index is 3.66. The highest BCUT2D eigenvalue weighted by molar-refractivity contribution is 9.11. The van der Waals surface area contributed by atoms with E-state index in [1.54, 1.807) is 14.1 Å². The molecule has 0 atom stereocenters. The Morgan fingerprint density at radius 2 is 2.12 bits per heavy atom. The molecule has 3 heteroatoms. The lowest BCUT2D eigenvalue weighted by atomic mass is 10.5. The van der Waals surface area contributed by atoms with E-state index in [0.29, 0.717) is 0 Å². The summed E-state index contributed by atoms with van der Waals surface area (Å²) in [6.45, 7) is 0. The predicted molar refractivity (Wildman–Crippen MR) is 36.8 cm³/mol. The van der Waals surface area contributed by atoms with Crippen LogP contribution in [0.15, 0.2) is 11.1 Å². The van der Waals surface area contributed by atoms with Crippen molar-refractivity contribution >= 4 is 21.8 Å². The molecule has 0 unspecified atom stereocenters. The smallest absolute Gasteiger partial charge is 0.246 e. The van der Waals surface area contributed by atoms with Crippen molar-refractivity contribution in [1.82, 2.24) is 4.90 Å². The Labute approximate surface area is 57.3 Å². The first-order valence-electron chi connectivity index (χ1n) is 2.16. The second kappa shape index (κ2) is 3.66. The largest absolute Gasteiger partial charge is 0.345 e. The predicted octanol–water partition coefficient (Wildman–Crippen LogP) is 0.983. The summed E-state index contributed by atoms with van der Waals surface area (Å²) >= 11 is 2.99. The number of hydrogen-bond acceptors (Lipinski definition) is 1. The lowest BCUT2D eigenvalue weighted by Crippen LogP contribution is -2.18. The van der Waals surface area contributed by atoms with Gasteiger partial charge >= 0.3 is 0 Å². The third kappa shape index (κ3) is 2.80. The van der Waals surface area contributed by atoms with E-state index in [1.165, 1.54) is 16.0 Å². The van der Waals surface area contributed by atoms with Gasteiger partial charge in [0.1, 0.15) is 0 Å². The molecule has 0 radical (unpaired) electrons. The Bertz CT molecular complexity index is 109. The number of carbonyl (C=O) groups is 1. The van der Waals surface area contributed by atoms with Gasteiger partial charge in [-0.15, -0.1) is 0 Å². The summed E-state index contributed by atoms with van der Waals surface area (Å²) in [4.78, 5) is 13.6. The Hall–Kier alpha value is -0.310. The molecule has 0 aliphatic rings. The molecule has 0 saturated carbocycles. The second-order valence-corrected chi connectivity index (χ2v) is 2.05. The number of rotatable bonds is 1. The molecule has 0 rings (SSSR count). The monoisotopic (exact) mass is 177 g/mol. The van der Waals surface area contributed by atoms with E-state index in [2.05, 4.69) is 15.9 Å². The second-order valence-electron chi connectivity index (χ2n) is 1.53. The van der Waals surface area contributed by atoms with Gasteiger partial charge in [-0.1, -0.05) is 15.9 Å². The number of halogens is 1. The standard InChI is InChI=1S/C5H8BrNO/c1-7(2)5(8)3-4-6/h3-4H,1-2H3. The summed E-state index contributed by atoms with van der Waals surface area (Å²) in [5.41, 5.74) is 0. The summed E-state index contributed by atoms with van der Waals surface area (Å²) in [6, 6.07) is 0. The lowest BCUT2D eigenvalue weighted by molar-refractivity contribution is -0.123. The van der Waals surface area contributed by atoms with E-state index in [9.17, 15) is 4.79 Å². The molecule has 0 aliphatic heterocycles. The van der Waals surface area contributed by atoms with Crippen molar-refractivity contribution in [2.75, 3.05) is 14.1 Å². The van der Waals surface area contributed by atoms with Crippen LogP contribution in [0.3, 0.4) is 0 Å². The SMILES string of the molecule is CN(C)C(=O)C=CBr. The van der Waals surface area contributed by atoms with Crippen molar-refractivity contribution < 1.29 is 4.79 Å².